The molecular weight excluding hydrogens is 761 g/mol. The smallest absolute Gasteiger partial charge is 0.291 e. The summed E-state index contributed by atoms with van der Waals surface area (Å²) in [6.45, 7) is 4.19. The van der Waals surface area contributed by atoms with Crippen LogP contribution in [-0.2, 0) is 19.6 Å². The van der Waals surface area contributed by atoms with Gasteiger partial charge < -0.3 is 40.5 Å². The van der Waals surface area contributed by atoms with Crippen molar-refractivity contribution in [3.8, 4) is 0 Å². The Bertz CT molecular complexity index is 2280. The number of anilines is 8. The first kappa shape index (κ1) is 38.4. The number of ether oxygens (including phenoxy) is 2. The molecule has 58 heavy (non-hydrogen) atoms. The Morgan fingerprint density at radius 3 is 1.52 bits per heavy atom. The van der Waals surface area contributed by atoms with Crippen LogP contribution < -0.4 is 31.1 Å². The van der Waals surface area contributed by atoms with Crippen LogP contribution in [0.1, 0.15) is 12.0 Å². The maximum atomic E-state index is 13.3. The van der Waals surface area contributed by atoms with E-state index in [1.807, 2.05) is 101 Å². The Labute approximate surface area is 335 Å². The Kier molecular flexibility index (Phi) is 11.5. The molecule has 2 saturated heterocycles. The van der Waals surface area contributed by atoms with Gasteiger partial charge in [0.25, 0.3) is 10.1 Å². The zero-order valence-corrected chi connectivity index (χ0v) is 32.2. The van der Waals surface area contributed by atoms with Crippen LogP contribution in [0.2, 0.25) is 0 Å². The second kappa shape index (κ2) is 17.3. The Balaban J connectivity index is 1.22. The molecule has 3 aromatic carbocycles. The van der Waals surface area contributed by atoms with Gasteiger partial charge in [0.05, 0.1) is 31.3 Å². The van der Waals surface area contributed by atoms with Gasteiger partial charge in [-0.1, -0.05) is 85.0 Å². The summed E-state index contributed by atoms with van der Waals surface area (Å²) in [5.41, 5.74) is 1.12. The zero-order chi connectivity index (χ0) is 39.8. The lowest BCUT2D eigenvalue weighted by Gasteiger charge is -2.36. The minimum atomic E-state index is -4.76. The number of hydrogen-bond donors (Lipinski definition) is 5. The Morgan fingerprint density at radius 1 is 0.603 bits per heavy atom. The summed E-state index contributed by atoms with van der Waals surface area (Å²) in [5.74, 6) is 1.48. The second-order valence-electron chi connectivity index (χ2n) is 13.6. The molecule has 0 bridgehead atoms. The molecule has 2 fully saturated rings. The molecule has 2 aromatic heterocycles. The number of rotatable bonds is 13. The number of nitrogens with zero attached hydrogens (tertiary/aromatic N) is 8. The van der Waals surface area contributed by atoms with E-state index in [1.54, 1.807) is 24.3 Å². The van der Waals surface area contributed by atoms with Gasteiger partial charge in [-0.05, 0) is 41.5 Å². The number of hydrogen-bond acceptors (Lipinski definition) is 16. The fourth-order valence-electron chi connectivity index (χ4n) is 6.54. The highest BCUT2D eigenvalue weighted by atomic mass is 32.2. The number of para-hydroxylation sites is 2. The van der Waals surface area contributed by atoms with E-state index >= 15 is 0 Å². The van der Waals surface area contributed by atoms with Gasteiger partial charge >= 0.3 is 0 Å². The summed E-state index contributed by atoms with van der Waals surface area (Å²) in [7, 11) is -4.76. The van der Waals surface area contributed by atoms with Gasteiger partial charge in [0, 0.05) is 44.0 Å². The fraction of sp³-hybridized carbons (Fsp3) is 0.250. The summed E-state index contributed by atoms with van der Waals surface area (Å²) < 4.78 is 48.5. The molecule has 0 saturated carbocycles. The number of morpholine rings is 2. The standard InChI is InChI=1S/C40H42N12O5S/c53-58(54,55)33-28-40(19-18-30(33)17-16-29-10-4-1-5-11-29,49-36-43-34(41-31-12-6-2-7-13-31)45-38(47-36)51-20-24-56-25-21-51)50-37-44-35(42-32-14-8-3-9-15-32)46-39(48-37)52-22-26-57-27-23-52/h1-19H,20-28H2,(H,53,54,55)(H2,41,43,45,47,49)(H2,42,44,46,48,50). The van der Waals surface area contributed by atoms with E-state index in [4.69, 9.17) is 39.4 Å². The summed E-state index contributed by atoms with van der Waals surface area (Å²) >= 11 is 0. The van der Waals surface area contributed by atoms with Gasteiger partial charge in [-0.25, -0.2) is 0 Å². The van der Waals surface area contributed by atoms with Crippen molar-refractivity contribution in [2.24, 2.45) is 0 Å². The number of aromatic nitrogens is 6. The third-order valence-corrected chi connectivity index (χ3v) is 10.4. The van der Waals surface area contributed by atoms with Crippen molar-refractivity contribution in [1.82, 2.24) is 29.9 Å². The molecule has 1 aliphatic carbocycles. The van der Waals surface area contributed by atoms with Crippen LogP contribution in [0.5, 0.6) is 0 Å². The van der Waals surface area contributed by atoms with Crippen LogP contribution in [-0.4, -0.2) is 101 Å². The number of benzene rings is 3. The number of allylic oxidation sites excluding steroid dienone is 3. The van der Waals surface area contributed by atoms with Crippen LogP contribution in [0.25, 0.3) is 6.08 Å². The molecule has 298 valence electrons. The second-order valence-corrected chi connectivity index (χ2v) is 15.0. The van der Waals surface area contributed by atoms with E-state index in [0.717, 1.165) is 16.9 Å². The lowest BCUT2D eigenvalue weighted by Crippen LogP contribution is -2.48. The maximum absolute atomic E-state index is 13.3. The summed E-state index contributed by atoms with van der Waals surface area (Å²) in [5, 5.41) is 13.3. The molecule has 3 aliphatic rings. The Morgan fingerprint density at radius 2 is 1.05 bits per heavy atom. The molecule has 5 aromatic rings. The lowest BCUT2D eigenvalue weighted by atomic mass is 9.95. The summed E-state index contributed by atoms with van der Waals surface area (Å²) in [6.07, 6.45) is 6.49. The molecule has 18 heteroatoms. The van der Waals surface area contributed by atoms with E-state index in [2.05, 4.69) is 21.3 Å². The molecule has 0 atom stereocenters. The SMILES string of the molecule is O=S(=O)(O)C1=C(C=Cc2ccccc2)C=CC(Nc2nc(Nc3ccccc3)nc(N3CCOCC3)n2)(Nc2nc(Nc3ccccc3)nc(N3CCOCC3)n2)C1. The number of nitrogens with one attached hydrogen (secondary N) is 4. The molecule has 2 aliphatic heterocycles. The van der Waals surface area contributed by atoms with Crippen molar-refractivity contribution in [1.29, 1.82) is 0 Å². The minimum absolute atomic E-state index is 0.107. The van der Waals surface area contributed by atoms with Gasteiger partial charge in [-0.15, -0.1) is 0 Å². The quantitative estimate of drug-likeness (QED) is 0.0761. The highest BCUT2D eigenvalue weighted by molar-refractivity contribution is 7.89. The molecule has 8 rings (SSSR count). The van der Waals surface area contributed by atoms with E-state index in [-0.39, 0.29) is 40.7 Å². The van der Waals surface area contributed by atoms with E-state index in [9.17, 15) is 13.0 Å². The van der Waals surface area contributed by atoms with Crippen molar-refractivity contribution in [2.45, 2.75) is 12.1 Å². The van der Waals surface area contributed by atoms with E-state index < -0.39 is 15.8 Å². The molecule has 0 amide bonds. The van der Waals surface area contributed by atoms with Gasteiger partial charge in [0.2, 0.25) is 35.7 Å². The maximum Gasteiger partial charge on any atom is 0.291 e. The molecule has 0 unspecified atom stereocenters. The predicted octanol–water partition coefficient (Wildman–Crippen LogP) is 5.25. The minimum Gasteiger partial charge on any atom is -0.378 e. The van der Waals surface area contributed by atoms with Crippen LogP contribution in [0.4, 0.5) is 47.1 Å². The highest BCUT2D eigenvalue weighted by Gasteiger charge is 2.38. The van der Waals surface area contributed by atoms with Gasteiger partial charge in [0.15, 0.2) is 0 Å². The monoisotopic (exact) mass is 802 g/mol. The fourth-order valence-corrected chi connectivity index (χ4v) is 7.39. The van der Waals surface area contributed by atoms with Crippen molar-refractivity contribution < 1.29 is 22.4 Å². The van der Waals surface area contributed by atoms with E-state index in [1.165, 1.54) is 0 Å². The third kappa shape index (κ3) is 9.72. The zero-order valence-electron chi connectivity index (χ0n) is 31.4. The summed E-state index contributed by atoms with van der Waals surface area (Å²) in [6, 6.07) is 28.4. The molecule has 17 nitrogen and oxygen atoms in total. The lowest BCUT2D eigenvalue weighted by molar-refractivity contribution is 0.122. The largest absolute Gasteiger partial charge is 0.378 e. The molecule has 0 spiro atoms. The van der Waals surface area contributed by atoms with Gasteiger partial charge in [-0.3, -0.25) is 4.55 Å². The normalized spacial score (nSPS) is 17.0. The topological polar surface area (TPSA) is 205 Å². The van der Waals surface area contributed by atoms with Crippen molar-refractivity contribution >= 4 is 63.3 Å². The molecule has 4 heterocycles. The first-order chi connectivity index (χ1) is 28.3. The molecule has 5 N–H and O–H groups in total. The average Bonchev–Trinajstić information content (AvgIpc) is 3.24. The van der Waals surface area contributed by atoms with E-state index in [0.29, 0.717) is 64.5 Å². The van der Waals surface area contributed by atoms with Gasteiger partial charge in [0.1, 0.15) is 5.66 Å². The molecular formula is C40H42N12O5S. The van der Waals surface area contributed by atoms with Crippen molar-refractivity contribution in [3.63, 3.8) is 0 Å². The summed E-state index contributed by atoms with van der Waals surface area (Å²) in [4.78, 5) is 32.3. The van der Waals surface area contributed by atoms with Gasteiger partial charge in [-0.2, -0.15) is 38.3 Å². The Hall–Kier alpha value is -6.47. The first-order valence-corrected chi connectivity index (χ1v) is 20.2. The van der Waals surface area contributed by atoms with Crippen molar-refractivity contribution in [3.05, 3.63) is 125 Å². The van der Waals surface area contributed by atoms with Crippen LogP contribution in [0.15, 0.2) is 120 Å². The highest BCUT2D eigenvalue weighted by Crippen LogP contribution is 2.35. The predicted molar refractivity (Wildman–Crippen MR) is 223 cm³/mol. The average molecular weight is 803 g/mol. The first-order valence-electron chi connectivity index (χ1n) is 18.8. The molecule has 0 radical (unpaired) electrons. The van der Waals surface area contributed by atoms with Crippen LogP contribution in [0.3, 0.4) is 0 Å². The van der Waals surface area contributed by atoms with Crippen LogP contribution >= 0.6 is 0 Å². The van der Waals surface area contributed by atoms with Crippen molar-refractivity contribution in [2.75, 3.05) is 83.7 Å². The van der Waals surface area contributed by atoms with Crippen LogP contribution in [0, 0.1) is 0 Å². The third-order valence-electron chi connectivity index (χ3n) is 9.44.